The lowest BCUT2D eigenvalue weighted by atomic mass is 10.4. The third-order valence-electron chi connectivity index (χ3n) is 1.11. The fourth-order valence-electron chi connectivity index (χ4n) is 0.674. The van der Waals surface area contributed by atoms with Crippen molar-refractivity contribution in [2.75, 3.05) is 0 Å². The maximum atomic E-state index is 9.94. The van der Waals surface area contributed by atoms with Gasteiger partial charge in [0, 0.05) is 0 Å². The lowest BCUT2D eigenvalue weighted by molar-refractivity contribution is 0.195. The summed E-state index contributed by atoms with van der Waals surface area (Å²) in [4.78, 5) is 9.94. The second-order valence-electron chi connectivity index (χ2n) is 2.12. The first-order valence-electron chi connectivity index (χ1n) is 3.27. The second kappa shape index (κ2) is 3.56. The molecule has 1 aromatic heterocycles. The van der Waals surface area contributed by atoms with E-state index >= 15 is 0 Å². The minimum atomic E-state index is -1.20. The van der Waals surface area contributed by atoms with Crippen LogP contribution in [-0.4, -0.2) is 17.4 Å². The highest BCUT2D eigenvalue weighted by molar-refractivity contribution is 5.77. The number of hydrogen-bond donors (Lipinski definition) is 2. The predicted octanol–water partition coefficient (Wildman–Crippen LogP) is 1.19. The number of nitrogens with one attached hydrogen (secondary N) is 1. The van der Waals surface area contributed by atoms with Crippen LogP contribution in [0.5, 0.6) is 0 Å². The highest BCUT2D eigenvalue weighted by Gasteiger charge is 1.93. The molecule has 0 aliphatic carbocycles. The molecule has 2 N–H and O–H groups in total. The summed E-state index contributed by atoms with van der Waals surface area (Å²) < 4.78 is 5.08. The lowest BCUT2D eigenvalue weighted by Crippen LogP contribution is -2.13. The topological polar surface area (TPSA) is 74.8 Å². The monoisotopic (exact) mass is 168 g/mol. The van der Waals surface area contributed by atoms with Crippen molar-refractivity contribution in [1.29, 1.82) is 0 Å². The van der Waals surface area contributed by atoms with Crippen molar-refractivity contribution in [3.8, 4) is 0 Å². The minimum Gasteiger partial charge on any atom is -0.464 e. The van der Waals surface area contributed by atoms with E-state index in [-0.39, 0.29) is 0 Å². The van der Waals surface area contributed by atoms with Gasteiger partial charge in [0.2, 0.25) is 0 Å². The van der Waals surface area contributed by atoms with Gasteiger partial charge < -0.3 is 9.52 Å². The summed E-state index contributed by atoms with van der Waals surface area (Å²) in [5.41, 5.74) is 1.83. The molecule has 64 valence electrons. The van der Waals surface area contributed by atoms with Crippen molar-refractivity contribution >= 4 is 12.3 Å². The minimum absolute atomic E-state index is 0.515. The highest BCUT2D eigenvalue weighted by Crippen LogP contribution is 2.02. The van der Waals surface area contributed by atoms with Crippen LogP contribution in [0, 0.1) is 6.92 Å². The van der Waals surface area contributed by atoms with Crippen molar-refractivity contribution in [1.82, 2.24) is 5.43 Å². The van der Waals surface area contributed by atoms with Crippen molar-refractivity contribution in [3.05, 3.63) is 23.7 Å². The molecule has 0 aromatic carbocycles. The number of carboxylic acid groups (broad SMARTS) is 1. The Balaban J connectivity index is 2.52. The fraction of sp³-hybridized carbons (Fsp3) is 0.143. The third-order valence-corrected chi connectivity index (χ3v) is 1.11. The van der Waals surface area contributed by atoms with Crippen molar-refractivity contribution in [2.45, 2.75) is 6.92 Å². The molecule has 0 saturated carbocycles. The zero-order chi connectivity index (χ0) is 8.97. The molecule has 5 heteroatoms. The van der Waals surface area contributed by atoms with Gasteiger partial charge in [0.1, 0.15) is 11.5 Å². The Morgan fingerprint density at radius 2 is 2.50 bits per heavy atom. The zero-order valence-corrected chi connectivity index (χ0v) is 6.44. The van der Waals surface area contributed by atoms with E-state index < -0.39 is 6.09 Å². The molecule has 5 nitrogen and oxygen atoms in total. The Kier molecular flexibility index (Phi) is 2.47. The van der Waals surface area contributed by atoms with Gasteiger partial charge in [-0.05, 0) is 19.1 Å². The van der Waals surface area contributed by atoms with E-state index in [0.717, 1.165) is 5.76 Å². The molecule has 1 rings (SSSR count). The van der Waals surface area contributed by atoms with Gasteiger partial charge in [-0.3, -0.25) is 0 Å². The largest absolute Gasteiger partial charge is 0.464 e. The summed E-state index contributed by atoms with van der Waals surface area (Å²) >= 11 is 0. The standard InChI is InChI=1S/C7H8N2O3/c1-5-2-3-6(12-5)4-8-9-7(10)11/h2-4,9H,1H3,(H,10,11). The van der Waals surface area contributed by atoms with Crippen LogP contribution >= 0.6 is 0 Å². The molecule has 0 aliphatic heterocycles. The first-order valence-corrected chi connectivity index (χ1v) is 3.27. The summed E-state index contributed by atoms with van der Waals surface area (Å²) in [7, 11) is 0. The SMILES string of the molecule is Cc1ccc(C=NNC(=O)O)o1. The van der Waals surface area contributed by atoms with Gasteiger partial charge >= 0.3 is 6.09 Å². The van der Waals surface area contributed by atoms with E-state index in [4.69, 9.17) is 9.52 Å². The molecule has 1 heterocycles. The Morgan fingerprint density at radius 3 is 3.00 bits per heavy atom. The normalized spacial score (nSPS) is 10.4. The summed E-state index contributed by atoms with van der Waals surface area (Å²) in [6.07, 6.45) is 0.0933. The van der Waals surface area contributed by atoms with E-state index in [1.54, 1.807) is 19.1 Å². The average molecular weight is 168 g/mol. The highest BCUT2D eigenvalue weighted by atomic mass is 16.4. The summed E-state index contributed by atoms with van der Waals surface area (Å²) in [6.45, 7) is 1.79. The van der Waals surface area contributed by atoms with Crippen LogP contribution in [-0.2, 0) is 0 Å². The van der Waals surface area contributed by atoms with E-state index in [0.29, 0.717) is 5.76 Å². The lowest BCUT2D eigenvalue weighted by Gasteiger charge is -1.87. The molecule has 0 aliphatic rings. The number of aryl methyl sites for hydroxylation is 1. The first kappa shape index (κ1) is 8.32. The number of amides is 1. The molecule has 0 radical (unpaired) electrons. The van der Waals surface area contributed by atoms with Gasteiger partial charge in [0.25, 0.3) is 0 Å². The second-order valence-corrected chi connectivity index (χ2v) is 2.12. The molecule has 0 atom stereocenters. The smallest absolute Gasteiger partial charge is 0.425 e. The van der Waals surface area contributed by atoms with Gasteiger partial charge in [-0.25, -0.2) is 10.2 Å². The van der Waals surface area contributed by atoms with Crippen molar-refractivity contribution in [3.63, 3.8) is 0 Å². The molecular weight excluding hydrogens is 160 g/mol. The maximum absolute atomic E-state index is 9.94. The molecule has 0 fully saturated rings. The van der Waals surface area contributed by atoms with E-state index in [9.17, 15) is 4.79 Å². The molecule has 1 amide bonds. The Morgan fingerprint density at radius 1 is 1.75 bits per heavy atom. The number of carbonyl (C=O) groups is 1. The zero-order valence-electron chi connectivity index (χ0n) is 6.44. The van der Waals surface area contributed by atoms with E-state index in [2.05, 4.69) is 5.10 Å². The third kappa shape index (κ3) is 2.45. The van der Waals surface area contributed by atoms with Gasteiger partial charge in [-0.15, -0.1) is 0 Å². The Hall–Kier alpha value is -1.78. The van der Waals surface area contributed by atoms with Crippen LogP contribution in [0.25, 0.3) is 0 Å². The summed E-state index contributed by atoms with van der Waals surface area (Å²) in [6, 6.07) is 3.46. The van der Waals surface area contributed by atoms with Crippen LogP contribution in [0.15, 0.2) is 21.7 Å². The number of furan rings is 1. The molecule has 1 aromatic rings. The number of hydrazone groups is 1. The quantitative estimate of drug-likeness (QED) is 0.514. The van der Waals surface area contributed by atoms with Gasteiger partial charge in [-0.2, -0.15) is 5.10 Å². The Bertz CT molecular complexity index is 303. The van der Waals surface area contributed by atoms with Crippen molar-refractivity contribution < 1.29 is 14.3 Å². The number of nitrogens with zero attached hydrogens (tertiary/aromatic N) is 1. The molecular formula is C7H8N2O3. The number of hydrogen-bond acceptors (Lipinski definition) is 3. The first-order chi connectivity index (χ1) is 5.68. The Labute approximate surface area is 68.7 Å². The summed E-state index contributed by atoms with van der Waals surface area (Å²) in [5, 5.41) is 11.5. The maximum Gasteiger partial charge on any atom is 0.425 e. The van der Waals surface area contributed by atoms with Crippen LogP contribution in [0.2, 0.25) is 0 Å². The van der Waals surface area contributed by atoms with Crippen LogP contribution in [0.4, 0.5) is 4.79 Å². The van der Waals surface area contributed by atoms with Crippen LogP contribution in [0.3, 0.4) is 0 Å². The molecule has 12 heavy (non-hydrogen) atoms. The number of rotatable bonds is 2. The van der Waals surface area contributed by atoms with Crippen LogP contribution < -0.4 is 5.43 Å². The summed E-state index contributed by atoms with van der Waals surface area (Å²) in [5.74, 6) is 1.27. The van der Waals surface area contributed by atoms with Gasteiger partial charge in [-0.1, -0.05) is 0 Å². The molecule has 0 bridgehead atoms. The molecule has 0 spiro atoms. The predicted molar refractivity (Wildman–Crippen MR) is 42.2 cm³/mol. The van der Waals surface area contributed by atoms with Gasteiger partial charge in [0.05, 0.1) is 6.21 Å². The van der Waals surface area contributed by atoms with E-state index in [1.165, 1.54) is 6.21 Å². The van der Waals surface area contributed by atoms with Crippen LogP contribution in [0.1, 0.15) is 11.5 Å². The average Bonchev–Trinajstić information content (AvgIpc) is 2.35. The fourth-order valence-corrected chi connectivity index (χ4v) is 0.674. The van der Waals surface area contributed by atoms with Crippen molar-refractivity contribution in [2.24, 2.45) is 5.10 Å². The molecule has 0 unspecified atom stereocenters. The molecule has 0 saturated heterocycles. The van der Waals surface area contributed by atoms with Gasteiger partial charge in [0.15, 0.2) is 0 Å². The van der Waals surface area contributed by atoms with E-state index in [1.807, 2.05) is 5.43 Å².